The van der Waals surface area contributed by atoms with E-state index in [0.717, 1.165) is 32.1 Å². The molecule has 1 saturated carbocycles. The average Bonchev–Trinajstić information content (AvgIpc) is 3.10. The van der Waals surface area contributed by atoms with Crippen molar-refractivity contribution in [2.45, 2.75) is 55.3 Å². The van der Waals surface area contributed by atoms with Crippen LogP contribution in [0.25, 0.3) is 0 Å². The van der Waals surface area contributed by atoms with Crippen LogP contribution in [0, 0.1) is 0 Å². The zero-order chi connectivity index (χ0) is 21.0. The number of anilines is 1. The molecule has 3 atom stereocenters. The minimum atomic E-state index is -1.68. The molecular weight excluding hydrogens is 370 g/mol. The van der Waals surface area contributed by atoms with Crippen molar-refractivity contribution in [3.05, 3.63) is 29.8 Å². The molecule has 0 aromatic heterocycles. The smallest absolute Gasteiger partial charge is 0.265 e. The SMILES string of the molecule is CNC(=O)[C@@H]1N(C2CCCCC2)C(=O)[C@@]2(N)N(C)c3ccccc3[C@@]12C(=O)NC. The third-order valence-corrected chi connectivity index (χ3v) is 7.12. The van der Waals surface area contributed by atoms with Crippen LogP contribution in [0.4, 0.5) is 5.69 Å². The summed E-state index contributed by atoms with van der Waals surface area (Å²) in [5, 5.41) is 5.39. The molecule has 0 spiro atoms. The summed E-state index contributed by atoms with van der Waals surface area (Å²) in [5.41, 5.74) is 4.99. The summed E-state index contributed by atoms with van der Waals surface area (Å²) in [6, 6.07) is 6.19. The van der Waals surface area contributed by atoms with Crippen LogP contribution >= 0.6 is 0 Å². The zero-order valence-corrected chi connectivity index (χ0v) is 17.2. The summed E-state index contributed by atoms with van der Waals surface area (Å²) in [6.45, 7) is 0. The fraction of sp³-hybridized carbons (Fsp3) is 0.571. The summed E-state index contributed by atoms with van der Waals surface area (Å²) >= 11 is 0. The number of nitrogens with zero attached hydrogens (tertiary/aromatic N) is 2. The number of benzene rings is 1. The van der Waals surface area contributed by atoms with Gasteiger partial charge in [-0.3, -0.25) is 20.1 Å². The van der Waals surface area contributed by atoms with Gasteiger partial charge >= 0.3 is 0 Å². The largest absolute Gasteiger partial charge is 0.358 e. The van der Waals surface area contributed by atoms with Crippen LogP contribution in [0.1, 0.15) is 37.7 Å². The maximum atomic E-state index is 13.9. The molecule has 1 aromatic rings. The van der Waals surface area contributed by atoms with Crippen molar-refractivity contribution < 1.29 is 14.4 Å². The van der Waals surface area contributed by atoms with Crippen molar-refractivity contribution in [1.82, 2.24) is 15.5 Å². The van der Waals surface area contributed by atoms with Crippen LogP contribution in [-0.4, -0.2) is 61.5 Å². The lowest BCUT2D eigenvalue weighted by Gasteiger charge is -2.40. The van der Waals surface area contributed by atoms with Gasteiger partial charge < -0.3 is 20.4 Å². The molecule has 4 rings (SSSR count). The van der Waals surface area contributed by atoms with E-state index in [2.05, 4.69) is 10.6 Å². The number of carbonyl (C=O) groups excluding carboxylic acids is 3. The Labute approximate surface area is 170 Å². The van der Waals surface area contributed by atoms with Gasteiger partial charge in [0.1, 0.15) is 6.04 Å². The van der Waals surface area contributed by atoms with Crippen molar-refractivity contribution >= 4 is 23.4 Å². The second kappa shape index (κ2) is 6.73. The van der Waals surface area contributed by atoms with Gasteiger partial charge in [0.2, 0.25) is 11.8 Å². The van der Waals surface area contributed by atoms with Crippen molar-refractivity contribution in [3.63, 3.8) is 0 Å². The molecule has 29 heavy (non-hydrogen) atoms. The summed E-state index contributed by atoms with van der Waals surface area (Å²) < 4.78 is 0. The number of likely N-dealkylation sites (tertiary alicyclic amines) is 1. The number of carbonyl (C=O) groups is 3. The first-order chi connectivity index (χ1) is 13.9. The van der Waals surface area contributed by atoms with Crippen LogP contribution in [0.2, 0.25) is 0 Å². The van der Waals surface area contributed by atoms with Crippen LogP contribution < -0.4 is 21.3 Å². The first-order valence-corrected chi connectivity index (χ1v) is 10.3. The third kappa shape index (κ3) is 2.20. The highest BCUT2D eigenvalue weighted by Gasteiger charge is 2.79. The quantitative estimate of drug-likeness (QED) is 0.666. The lowest BCUT2D eigenvalue weighted by Crippen LogP contribution is -2.72. The molecule has 1 aliphatic carbocycles. The van der Waals surface area contributed by atoms with E-state index >= 15 is 0 Å². The average molecular weight is 399 g/mol. The number of amides is 3. The summed E-state index contributed by atoms with van der Waals surface area (Å²) in [5.74, 6) is -1.15. The molecule has 2 aliphatic heterocycles. The monoisotopic (exact) mass is 399 g/mol. The van der Waals surface area contributed by atoms with Gasteiger partial charge in [0.15, 0.2) is 11.1 Å². The molecule has 2 heterocycles. The topological polar surface area (TPSA) is 108 Å². The molecule has 4 N–H and O–H groups in total. The Morgan fingerprint density at radius 3 is 2.38 bits per heavy atom. The molecule has 8 heteroatoms. The standard InChI is InChI=1S/C21H29N5O3/c1-23-17(27)16-20(18(28)24-2)14-11-7-8-12-15(14)25(3)21(20,22)19(29)26(16)13-9-5-4-6-10-13/h7-8,11-13,16H,4-6,9-10,22H2,1-3H3,(H,23,27)(H,24,28)/t16-,20-,21+/m0/s1. The Bertz CT molecular complexity index is 868. The lowest BCUT2D eigenvalue weighted by molar-refractivity contribution is -0.140. The molecule has 2 fully saturated rings. The molecule has 0 bridgehead atoms. The Morgan fingerprint density at radius 1 is 1.10 bits per heavy atom. The van der Waals surface area contributed by atoms with E-state index in [0.29, 0.717) is 11.3 Å². The van der Waals surface area contributed by atoms with Gasteiger partial charge in [-0.25, -0.2) is 0 Å². The molecule has 3 amide bonds. The Hall–Kier alpha value is -2.61. The van der Waals surface area contributed by atoms with Crippen LogP contribution in [0.15, 0.2) is 24.3 Å². The van der Waals surface area contributed by atoms with E-state index < -0.39 is 23.0 Å². The maximum Gasteiger partial charge on any atom is 0.265 e. The normalized spacial score (nSPS) is 31.4. The van der Waals surface area contributed by atoms with Crippen molar-refractivity contribution in [3.8, 4) is 0 Å². The van der Waals surface area contributed by atoms with Crippen molar-refractivity contribution in [2.24, 2.45) is 5.73 Å². The Kier molecular flexibility index (Phi) is 4.57. The number of rotatable bonds is 3. The van der Waals surface area contributed by atoms with Crippen LogP contribution in [0.5, 0.6) is 0 Å². The highest BCUT2D eigenvalue weighted by Crippen LogP contribution is 2.57. The second-order valence-electron chi connectivity index (χ2n) is 8.25. The first kappa shape index (κ1) is 19.7. The van der Waals surface area contributed by atoms with Gasteiger partial charge in [-0.1, -0.05) is 37.5 Å². The molecule has 3 aliphatic rings. The number of nitrogens with one attached hydrogen (secondary N) is 2. The molecular formula is C21H29N5O3. The molecule has 156 valence electrons. The van der Waals surface area contributed by atoms with E-state index in [1.54, 1.807) is 16.8 Å². The van der Waals surface area contributed by atoms with E-state index in [-0.39, 0.29) is 17.9 Å². The summed E-state index contributed by atoms with van der Waals surface area (Å²) in [7, 11) is 4.78. The molecule has 0 unspecified atom stereocenters. The fourth-order valence-corrected chi connectivity index (χ4v) is 5.76. The van der Waals surface area contributed by atoms with Gasteiger partial charge in [-0.05, 0) is 24.5 Å². The predicted molar refractivity (Wildman–Crippen MR) is 109 cm³/mol. The molecule has 1 aromatic carbocycles. The number of fused-ring (bicyclic) bond motifs is 3. The highest BCUT2D eigenvalue weighted by atomic mass is 16.2. The Balaban J connectivity index is 2.02. The minimum absolute atomic E-state index is 0.105. The number of nitrogens with two attached hydrogens (primary N) is 1. The van der Waals surface area contributed by atoms with Gasteiger partial charge in [0.05, 0.1) is 0 Å². The number of likely N-dealkylation sites (N-methyl/N-ethyl adjacent to an activating group) is 3. The molecule has 8 nitrogen and oxygen atoms in total. The maximum absolute atomic E-state index is 13.9. The van der Waals surface area contributed by atoms with E-state index in [4.69, 9.17) is 5.73 Å². The van der Waals surface area contributed by atoms with Crippen LogP contribution in [0.3, 0.4) is 0 Å². The van der Waals surface area contributed by atoms with Gasteiger partial charge in [0, 0.05) is 32.9 Å². The highest BCUT2D eigenvalue weighted by molar-refractivity contribution is 6.14. The van der Waals surface area contributed by atoms with Crippen molar-refractivity contribution in [2.75, 3.05) is 26.0 Å². The predicted octanol–water partition coefficient (Wildman–Crippen LogP) is 0.0647. The van der Waals surface area contributed by atoms with Gasteiger partial charge in [0.25, 0.3) is 5.91 Å². The van der Waals surface area contributed by atoms with Gasteiger partial charge in [-0.15, -0.1) is 0 Å². The number of hydrogen-bond acceptors (Lipinski definition) is 5. The first-order valence-electron chi connectivity index (χ1n) is 10.3. The van der Waals surface area contributed by atoms with Crippen LogP contribution in [-0.2, 0) is 19.8 Å². The second-order valence-corrected chi connectivity index (χ2v) is 8.25. The van der Waals surface area contributed by atoms with Crippen molar-refractivity contribution in [1.29, 1.82) is 0 Å². The molecule has 1 saturated heterocycles. The van der Waals surface area contributed by atoms with E-state index in [1.807, 2.05) is 24.3 Å². The molecule has 0 radical (unpaired) electrons. The third-order valence-electron chi connectivity index (χ3n) is 7.12. The van der Waals surface area contributed by atoms with E-state index in [9.17, 15) is 14.4 Å². The summed E-state index contributed by atoms with van der Waals surface area (Å²) in [6.07, 6.45) is 4.72. The van der Waals surface area contributed by atoms with Gasteiger partial charge in [-0.2, -0.15) is 0 Å². The summed E-state index contributed by atoms with van der Waals surface area (Å²) in [4.78, 5) is 44.1. The Morgan fingerprint density at radius 2 is 1.76 bits per heavy atom. The fourth-order valence-electron chi connectivity index (χ4n) is 5.76. The zero-order valence-electron chi connectivity index (χ0n) is 17.2. The minimum Gasteiger partial charge on any atom is -0.358 e. The lowest BCUT2D eigenvalue weighted by atomic mass is 9.68. The number of para-hydroxylation sites is 1. The van der Waals surface area contributed by atoms with E-state index in [1.165, 1.54) is 14.1 Å². The number of hydrogen-bond donors (Lipinski definition) is 3.